The van der Waals surface area contributed by atoms with Crippen molar-refractivity contribution in [2.24, 2.45) is 0 Å². The Labute approximate surface area is 131 Å². The largest absolute Gasteiger partial charge is 0.419 e. The van der Waals surface area contributed by atoms with Gasteiger partial charge in [0.15, 0.2) is 0 Å². The monoisotopic (exact) mass is 317 g/mol. The van der Waals surface area contributed by atoms with Gasteiger partial charge < -0.3 is 0 Å². The van der Waals surface area contributed by atoms with Gasteiger partial charge in [0.1, 0.15) is 0 Å². The van der Waals surface area contributed by atoms with E-state index in [1.807, 2.05) is 6.92 Å². The van der Waals surface area contributed by atoms with E-state index in [1.165, 1.54) is 19.1 Å². The van der Waals surface area contributed by atoms with Crippen molar-refractivity contribution in [1.29, 1.82) is 0 Å². The average Bonchev–Trinajstić information content (AvgIpc) is 2.83. The van der Waals surface area contributed by atoms with Crippen LogP contribution in [0.4, 0.5) is 13.2 Å². The molecule has 5 heteroatoms. The first-order valence-corrected chi connectivity index (χ1v) is 7.09. The normalized spacial score (nSPS) is 11.9. The highest BCUT2D eigenvalue weighted by Crippen LogP contribution is 2.43. The summed E-state index contributed by atoms with van der Waals surface area (Å²) in [5.74, 6) is -0.452. The number of halogens is 3. The lowest BCUT2D eigenvalue weighted by molar-refractivity contribution is -0.135. The zero-order chi connectivity index (χ0) is 16.8. The first-order valence-electron chi connectivity index (χ1n) is 7.09. The van der Waals surface area contributed by atoms with Crippen LogP contribution in [0, 0.1) is 6.92 Å². The molecule has 0 saturated heterocycles. The van der Waals surface area contributed by atoms with Crippen molar-refractivity contribution in [3.63, 3.8) is 0 Å². The van der Waals surface area contributed by atoms with E-state index in [-0.39, 0.29) is 16.6 Å². The topological polar surface area (TPSA) is 22.0 Å². The number of para-hydroxylation sites is 1. The molecule has 23 heavy (non-hydrogen) atoms. The minimum atomic E-state index is -4.56. The molecule has 0 N–H and O–H groups in total. The van der Waals surface area contributed by atoms with Gasteiger partial charge in [0.25, 0.3) is 0 Å². The number of alkyl halides is 3. The average molecular weight is 317 g/mol. The predicted octanol–water partition coefficient (Wildman–Crippen LogP) is 5.30. The SMILES string of the molecule is CC(=O)n1c(-c2ccc(C)cc2)c(C(F)(F)F)c2ccccc21. The maximum absolute atomic E-state index is 13.7. The second-order valence-electron chi connectivity index (χ2n) is 5.46. The van der Waals surface area contributed by atoms with Crippen LogP contribution in [0.1, 0.15) is 22.8 Å². The van der Waals surface area contributed by atoms with E-state index in [0.29, 0.717) is 5.56 Å². The van der Waals surface area contributed by atoms with Crippen LogP contribution in [-0.4, -0.2) is 10.5 Å². The summed E-state index contributed by atoms with van der Waals surface area (Å²) in [6, 6.07) is 12.8. The summed E-state index contributed by atoms with van der Waals surface area (Å²) in [5, 5.41) is 0.0331. The van der Waals surface area contributed by atoms with E-state index in [4.69, 9.17) is 0 Å². The minimum Gasteiger partial charge on any atom is -0.279 e. The molecular formula is C18H14F3NO. The van der Waals surface area contributed by atoms with Gasteiger partial charge in [-0.15, -0.1) is 0 Å². The maximum atomic E-state index is 13.7. The molecule has 118 valence electrons. The minimum absolute atomic E-state index is 0.0331. The number of rotatable bonds is 1. The summed E-state index contributed by atoms with van der Waals surface area (Å²) < 4.78 is 42.2. The molecule has 3 rings (SSSR count). The number of hydrogen-bond acceptors (Lipinski definition) is 1. The van der Waals surface area contributed by atoms with E-state index in [9.17, 15) is 18.0 Å². The first-order chi connectivity index (χ1) is 10.8. The van der Waals surface area contributed by atoms with E-state index >= 15 is 0 Å². The number of aryl methyl sites for hydroxylation is 1. The van der Waals surface area contributed by atoms with Crippen LogP contribution in [0.3, 0.4) is 0 Å². The molecule has 2 nitrogen and oxygen atoms in total. The molecule has 0 amide bonds. The van der Waals surface area contributed by atoms with Crippen molar-refractivity contribution in [3.05, 3.63) is 59.7 Å². The predicted molar refractivity (Wildman–Crippen MR) is 83.4 cm³/mol. The van der Waals surface area contributed by atoms with Gasteiger partial charge in [-0.2, -0.15) is 13.2 Å². The molecule has 0 aliphatic rings. The molecule has 1 heterocycles. The summed E-state index contributed by atoms with van der Waals surface area (Å²) in [4.78, 5) is 12.1. The van der Waals surface area contributed by atoms with E-state index in [0.717, 1.165) is 10.1 Å². The Morgan fingerprint density at radius 1 is 1.00 bits per heavy atom. The summed E-state index contributed by atoms with van der Waals surface area (Å²) in [6.45, 7) is 3.12. The molecule has 0 radical (unpaired) electrons. The van der Waals surface area contributed by atoms with Gasteiger partial charge in [-0.25, -0.2) is 0 Å². The number of hydrogen-bond donors (Lipinski definition) is 0. The van der Waals surface area contributed by atoms with E-state index in [2.05, 4.69) is 0 Å². The Kier molecular flexibility index (Phi) is 3.51. The highest BCUT2D eigenvalue weighted by molar-refractivity contribution is 6.01. The van der Waals surface area contributed by atoms with Crippen LogP contribution >= 0.6 is 0 Å². The number of nitrogens with zero attached hydrogens (tertiary/aromatic N) is 1. The fourth-order valence-corrected chi connectivity index (χ4v) is 2.84. The second-order valence-corrected chi connectivity index (χ2v) is 5.46. The van der Waals surface area contributed by atoms with Gasteiger partial charge >= 0.3 is 6.18 Å². The number of aromatic nitrogens is 1. The fraction of sp³-hybridized carbons (Fsp3) is 0.167. The van der Waals surface area contributed by atoms with Gasteiger partial charge in [0, 0.05) is 12.3 Å². The highest BCUT2D eigenvalue weighted by Gasteiger charge is 2.39. The lowest BCUT2D eigenvalue weighted by Crippen LogP contribution is -2.11. The van der Waals surface area contributed by atoms with Crippen LogP contribution in [0.25, 0.3) is 22.2 Å². The zero-order valence-corrected chi connectivity index (χ0v) is 12.6. The second kappa shape index (κ2) is 5.26. The van der Waals surface area contributed by atoms with Crippen molar-refractivity contribution >= 4 is 16.8 Å². The summed E-state index contributed by atoms with van der Waals surface area (Å²) in [7, 11) is 0. The Balaban J connectivity index is 2.49. The van der Waals surface area contributed by atoms with Crippen molar-refractivity contribution in [2.45, 2.75) is 20.0 Å². The van der Waals surface area contributed by atoms with Gasteiger partial charge in [-0.05, 0) is 18.6 Å². The first kappa shape index (κ1) is 15.3. The molecule has 3 aromatic rings. The molecule has 0 saturated carbocycles. The molecule has 0 aliphatic heterocycles. The molecular weight excluding hydrogens is 303 g/mol. The summed E-state index contributed by atoms with van der Waals surface area (Å²) in [6.07, 6.45) is -4.56. The number of fused-ring (bicyclic) bond motifs is 1. The van der Waals surface area contributed by atoms with Crippen LogP contribution < -0.4 is 0 Å². The molecule has 2 aromatic carbocycles. The van der Waals surface area contributed by atoms with Crippen LogP contribution in [0.2, 0.25) is 0 Å². The fourth-order valence-electron chi connectivity index (χ4n) is 2.84. The van der Waals surface area contributed by atoms with Crippen molar-refractivity contribution in [2.75, 3.05) is 0 Å². The smallest absolute Gasteiger partial charge is 0.279 e. The molecule has 0 fully saturated rings. The summed E-state index contributed by atoms with van der Waals surface area (Å²) >= 11 is 0. The zero-order valence-electron chi connectivity index (χ0n) is 12.6. The van der Waals surface area contributed by atoms with Crippen LogP contribution in [0.5, 0.6) is 0 Å². The van der Waals surface area contributed by atoms with Crippen LogP contribution in [-0.2, 0) is 6.18 Å². The Morgan fingerprint density at radius 2 is 1.61 bits per heavy atom. The molecule has 0 unspecified atom stereocenters. The Bertz CT molecular complexity index is 889. The third kappa shape index (κ3) is 2.52. The van der Waals surface area contributed by atoms with Crippen LogP contribution in [0.15, 0.2) is 48.5 Å². The molecule has 0 aliphatic carbocycles. The number of benzene rings is 2. The highest BCUT2D eigenvalue weighted by atomic mass is 19.4. The van der Waals surface area contributed by atoms with Crippen molar-refractivity contribution < 1.29 is 18.0 Å². The lowest BCUT2D eigenvalue weighted by Gasteiger charge is -2.12. The molecule has 0 bridgehead atoms. The Hall–Kier alpha value is -2.56. The quantitative estimate of drug-likeness (QED) is 0.597. The third-order valence-electron chi connectivity index (χ3n) is 3.80. The standard InChI is InChI=1S/C18H14F3NO/c1-11-7-9-13(10-8-11)17-16(18(19,20)21)14-5-3-4-6-15(14)22(17)12(2)23/h3-10H,1-2H3. The van der Waals surface area contributed by atoms with Gasteiger partial charge in [-0.3, -0.25) is 9.36 Å². The molecule has 1 aromatic heterocycles. The third-order valence-corrected chi connectivity index (χ3v) is 3.80. The van der Waals surface area contributed by atoms with Gasteiger partial charge in [0.2, 0.25) is 5.91 Å². The van der Waals surface area contributed by atoms with Gasteiger partial charge in [-0.1, -0.05) is 48.0 Å². The Morgan fingerprint density at radius 3 is 2.17 bits per heavy atom. The van der Waals surface area contributed by atoms with Crippen molar-refractivity contribution in [3.8, 4) is 11.3 Å². The van der Waals surface area contributed by atoms with Gasteiger partial charge in [0.05, 0.1) is 16.8 Å². The van der Waals surface area contributed by atoms with E-state index < -0.39 is 17.6 Å². The van der Waals surface area contributed by atoms with Crippen molar-refractivity contribution in [1.82, 2.24) is 4.57 Å². The maximum Gasteiger partial charge on any atom is 0.419 e. The van der Waals surface area contributed by atoms with E-state index in [1.54, 1.807) is 36.4 Å². The number of carbonyl (C=O) groups excluding carboxylic acids is 1. The summed E-state index contributed by atoms with van der Waals surface area (Å²) in [5.41, 5.74) is 0.698. The lowest BCUT2D eigenvalue weighted by atomic mass is 10.0. The molecule has 0 spiro atoms. The number of carbonyl (C=O) groups is 1. The molecule has 0 atom stereocenters.